The van der Waals surface area contributed by atoms with Crippen LogP contribution in [-0.4, -0.2) is 23.5 Å². The molecular weight excluding hydrogens is 239 g/mol. The van der Waals surface area contributed by atoms with Gasteiger partial charge in [0, 0.05) is 12.1 Å². The Morgan fingerprint density at radius 3 is 2.16 bits per heavy atom. The van der Waals surface area contributed by atoms with Crippen molar-refractivity contribution in [2.45, 2.75) is 58.7 Å². The molecule has 1 aromatic rings. The Labute approximate surface area is 116 Å². The average molecular weight is 266 g/mol. The Balaban J connectivity index is 3.08. The van der Waals surface area contributed by atoms with Crippen LogP contribution in [0.1, 0.15) is 52.1 Å². The molecule has 0 aliphatic carbocycles. The van der Waals surface area contributed by atoms with Gasteiger partial charge in [-0.1, -0.05) is 26.0 Å². The van der Waals surface area contributed by atoms with Gasteiger partial charge < -0.3 is 5.73 Å². The second kappa shape index (κ2) is 7.61. The minimum atomic E-state index is -0.195. The van der Waals surface area contributed by atoms with Gasteiger partial charge >= 0.3 is 0 Å². The van der Waals surface area contributed by atoms with Gasteiger partial charge in [0.1, 0.15) is 5.82 Å². The van der Waals surface area contributed by atoms with Crippen LogP contribution < -0.4 is 5.73 Å². The number of rotatable bonds is 7. The summed E-state index contributed by atoms with van der Waals surface area (Å²) < 4.78 is 13.1. The summed E-state index contributed by atoms with van der Waals surface area (Å²) in [5, 5.41) is 0. The molecule has 2 unspecified atom stereocenters. The van der Waals surface area contributed by atoms with E-state index in [9.17, 15) is 4.39 Å². The third-order valence-corrected chi connectivity index (χ3v) is 3.59. The van der Waals surface area contributed by atoms with Crippen molar-refractivity contribution in [3.05, 3.63) is 35.6 Å². The monoisotopic (exact) mass is 266 g/mol. The lowest BCUT2D eigenvalue weighted by atomic mass is 9.95. The van der Waals surface area contributed by atoms with Gasteiger partial charge in [0.15, 0.2) is 0 Å². The van der Waals surface area contributed by atoms with E-state index in [1.807, 2.05) is 12.1 Å². The van der Waals surface area contributed by atoms with Gasteiger partial charge in [-0.25, -0.2) is 4.39 Å². The quantitative estimate of drug-likeness (QED) is 0.815. The molecule has 0 bridgehead atoms. The standard InChI is InChI=1S/C16H27FN2/c1-5-11-19(12(3)4)16(15(18)6-2)13-7-9-14(17)10-8-13/h7-10,12,15-16H,5-6,11,18H2,1-4H3. The number of halogens is 1. The molecule has 0 radical (unpaired) electrons. The molecule has 108 valence electrons. The van der Waals surface area contributed by atoms with Crippen LogP contribution in [0.15, 0.2) is 24.3 Å². The molecule has 1 rings (SSSR count). The van der Waals surface area contributed by atoms with E-state index in [0.29, 0.717) is 6.04 Å². The number of hydrogen-bond acceptors (Lipinski definition) is 2. The highest BCUT2D eigenvalue weighted by Gasteiger charge is 2.26. The second-order valence-corrected chi connectivity index (χ2v) is 5.40. The van der Waals surface area contributed by atoms with E-state index >= 15 is 0 Å². The summed E-state index contributed by atoms with van der Waals surface area (Å²) in [5.74, 6) is -0.195. The third kappa shape index (κ3) is 4.29. The molecule has 3 heteroatoms. The molecule has 0 fully saturated rings. The lowest BCUT2D eigenvalue weighted by Crippen LogP contribution is -2.44. The lowest BCUT2D eigenvalue weighted by molar-refractivity contribution is 0.130. The molecule has 0 aliphatic heterocycles. The van der Waals surface area contributed by atoms with Gasteiger partial charge in [0.2, 0.25) is 0 Å². The fraction of sp³-hybridized carbons (Fsp3) is 0.625. The van der Waals surface area contributed by atoms with E-state index in [1.165, 1.54) is 12.1 Å². The zero-order valence-corrected chi connectivity index (χ0v) is 12.6. The van der Waals surface area contributed by atoms with Crippen LogP contribution in [0.3, 0.4) is 0 Å². The summed E-state index contributed by atoms with van der Waals surface area (Å²) >= 11 is 0. The molecule has 1 aromatic carbocycles. The van der Waals surface area contributed by atoms with Crippen LogP contribution in [0.25, 0.3) is 0 Å². The van der Waals surface area contributed by atoms with Gasteiger partial charge in [-0.3, -0.25) is 4.90 Å². The number of hydrogen-bond donors (Lipinski definition) is 1. The molecule has 0 spiro atoms. The molecule has 0 saturated heterocycles. The van der Waals surface area contributed by atoms with Gasteiger partial charge in [-0.15, -0.1) is 0 Å². The van der Waals surface area contributed by atoms with Crippen molar-refractivity contribution in [3.8, 4) is 0 Å². The molecule has 19 heavy (non-hydrogen) atoms. The van der Waals surface area contributed by atoms with Crippen LogP contribution in [0.2, 0.25) is 0 Å². The van der Waals surface area contributed by atoms with Crippen LogP contribution in [0.5, 0.6) is 0 Å². The summed E-state index contributed by atoms with van der Waals surface area (Å²) in [5.41, 5.74) is 7.43. The largest absolute Gasteiger partial charge is 0.326 e. The Morgan fingerprint density at radius 2 is 1.74 bits per heavy atom. The Hall–Kier alpha value is -0.930. The fourth-order valence-corrected chi connectivity index (χ4v) is 2.54. The average Bonchev–Trinajstić information content (AvgIpc) is 2.39. The first-order valence-electron chi connectivity index (χ1n) is 7.28. The van der Waals surface area contributed by atoms with Crippen molar-refractivity contribution < 1.29 is 4.39 Å². The van der Waals surface area contributed by atoms with E-state index in [0.717, 1.165) is 24.9 Å². The van der Waals surface area contributed by atoms with E-state index in [4.69, 9.17) is 5.73 Å². The zero-order chi connectivity index (χ0) is 14.4. The topological polar surface area (TPSA) is 29.3 Å². The Kier molecular flexibility index (Phi) is 6.46. The van der Waals surface area contributed by atoms with E-state index in [1.54, 1.807) is 0 Å². The van der Waals surface area contributed by atoms with E-state index in [2.05, 4.69) is 32.6 Å². The second-order valence-electron chi connectivity index (χ2n) is 5.40. The Morgan fingerprint density at radius 1 is 1.16 bits per heavy atom. The lowest BCUT2D eigenvalue weighted by Gasteiger charge is -2.38. The third-order valence-electron chi connectivity index (χ3n) is 3.59. The van der Waals surface area contributed by atoms with Crippen molar-refractivity contribution in [1.82, 2.24) is 4.90 Å². The van der Waals surface area contributed by atoms with E-state index in [-0.39, 0.29) is 17.9 Å². The molecular formula is C16H27FN2. The normalized spacial score (nSPS) is 14.9. The fourth-order valence-electron chi connectivity index (χ4n) is 2.54. The highest BCUT2D eigenvalue weighted by Crippen LogP contribution is 2.27. The predicted octanol–water partition coefficient (Wildman–Crippen LogP) is 3.72. The van der Waals surface area contributed by atoms with Crippen LogP contribution >= 0.6 is 0 Å². The minimum absolute atomic E-state index is 0.0689. The van der Waals surface area contributed by atoms with Crippen molar-refractivity contribution in [1.29, 1.82) is 0 Å². The molecule has 2 N–H and O–H groups in total. The van der Waals surface area contributed by atoms with Gasteiger partial charge in [0.25, 0.3) is 0 Å². The van der Waals surface area contributed by atoms with Crippen molar-refractivity contribution in [2.75, 3.05) is 6.54 Å². The van der Waals surface area contributed by atoms with Crippen LogP contribution in [0, 0.1) is 5.82 Å². The minimum Gasteiger partial charge on any atom is -0.326 e. The molecule has 0 heterocycles. The highest BCUT2D eigenvalue weighted by molar-refractivity contribution is 5.22. The molecule has 2 nitrogen and oxygen atoms in total. The summed E-state index contributed by atoms with van der Waals surface area (Å²) in [7, 11) is 0. The molecule has 0 aromatic heterocycles. The first kappa shape index (κ1) is 16.1. The van der Waals surface area contributed by atoms with Crippen molar-refractivity contribution in [2.24, 2.45) is 5.73 Å². The number of nitrogens with zero attached hydrogens (tertiary/aromatic N) is 1. The van der Waals surface area contributed by atoms with Gasteiger partial charge in [-0.05, 0) is 50.9 Å². The summed E-state index contributed by atoms with van der Waals surface area (Å²) in [6.07, 6.45) is 2.00. The maximum absolute atomic E-state index is 13.1. The number of benzene rings is 1. The van der Waals surface area contributed by atoms with E-state index < -0.39 is 0 Å². The summed E-state index contributed by atoms with van der Waals surface area (Å²) in [6, 6.07) is 7.42. The SMILES string of the molecule is CCCN(C(C)C)C(c1ccc(F)cc1)C(N)CC. The first-order valence-corrected chi connectivity index (χ1v) is 7.28. The molecule has 0 amide bonds. The smallest absolute Gasteiger partial charge is 0.123 e. The summed E-state index contributed by atoms with van der Waals surface area (Å²) in [4.78, 5) is 2.42. The number of nitrogens with two attached hydrogens (primary N) is 1. The van der Waals surface area contributed by atoms with Crippen molar-refractivity contribution >= 4 is 0 Å². The van der Waals surface area contributed by atoms with Crippen molar-refractivity contribution in [3.63, 3.8) is 0 Å². The van der Waals surface area contributed by atoms with Gasteiger partial charge in [0.05, 0.1) is 6.04 Å². The zero-order valence-electron chi connectivity index (χ0n) is 12.6. The maximum Gasteiger partial charge on any atom is 0.123 e. The summed E-state index contributed by atoms with van der Waals surface area (Å²) in [6.45, 7) is 9.66. The Bertz CT molecular complexity index is 362. The van der Waals surface area contributed by atoms with Crippen LogP contribution in [0.4, 0.5) is 4.39 Å². The maximum atomic E-state index is 13.1. The first-order chi connectivity index (χ1) is 9.01. The molecule has 0 saturated carbocycles. The van der Waals surface area contributed by atoms with Crippen LogP contribution in [-0.2, 0) is 0 Å². The molecule has 2 atom stereocenters. The van der Waals surface area contributed by atoms with Gasteiger partial charge in [-0.2, -0.15) is 0 Å². The predicted molar refractivity (Wildman–Crippen MR) is 79.5 cm³/mol. The highest BCUT2D eigenvalue weighted by atomic mass is 19.1. The molecule has 0 aliphatic rings.